The lowest BCUT2D eigenvalue weighted by atomic mass is 10.1. The van der Waals surface area contributed by atoms with Crippen LogP contribution in [0.25, 0.3) is 17.1 Å². The first-order valence-corrected chi connectivity index (χ1v) is 11.6. The Morgan fingerprint density at radius 3 is 2.41 bits per heavy atom. The van der Waals surface area contributed by atoms with Crippen LogP contribution in [-0.2, 0) is 20.7 Å². The monoisotopic (exact) mass is 473 g/mol. The maximum atomic E-state index is 12.8. The van der Waals surface area contributed by atoms with Gasteiger partial charge in [0, 0.05) is 30.1 Å². The Morgan fingerprint density at radius 1 is 1.00 bits per heavy atom. The number of benzene rings is 2. The zero-order valence-electron chi connectivity index (χ0n) is 18.5. The summed E-state index contributed by atoms with van der Waals surface area (Å²) in [6.07, 6.45) is 3.75. The first kappa shape index (κ1) is 23.2. The van der Waals surface area contributed by atoms with E-state index >= 15 is 0 Å². The van der Waals surface area contributed by atoms with E-state index in [1.807, 2.05) is 77.4 Å². The third-order valence-electron chi connectivity index (χ3n) is 5.00. The van der Waals surface area contributed by atoms with E-state index in [-0.39, 0.29) is 11.7 Å². The summed E-state index contributed by atoms with van der Waals surface area (Å²) < 4.78 is 6.77. The lowest BCUT2D eigenvalue weighted by Gasteiger charge is -2.16. The van der Waals surface area contributed by atoms with Crippen molar-refractivity contribution in [1.82, 2.24) is 25.1 Å². The molecule has 0 aliphatic rings. The fourth-order valence-corrected chi connectivity index (χ4v) is 4.17. The fraction of sp³-hybridized carbons (Fsp3) is 0.160. The van der Waals surface area contributed by atoms with Crippen LogP contribution >= 0.6 is 11.8 Å². The molecule has 0 saturated heterocycles. The predicted molar refractivity (Wildman–Crippen MR) is 129 cm³/mol. The summed E-state index contributed by atoms with van der Waals surface area (Å²) in [6, 6.07) is 22.1. The Kier molecular flexibility index (Phi) is 7.67. The topological polar surface area (TPSA) is 99.0 Å². The molecule has 0 fully saturated rings. The number of hydrogen-bond donors (Lipinski definition) is 1. The van der Waals surface area contributed by atoms with Gasteiger partial charge in [-0.1, -0.05) is 60.3 Å². The molecule has 8 nitrogen and oxygen atoms in total. The molecule has 1 N–H and O–H groups in total. The van der Waals surface area contributed by atoms with Crippen LogP contribution in [0.5, 0.6) is 0 Å². The van der Waals surface area contributed by atoms with Crippen LogP contribution in [0.1, 0.15) is 5.56 Å². The zero-order valence-corrected chi connectivity index (χ0v) is 19.3. The van der Waals surface area contributed by atoms with E-state index in [0.29, 0.717) is 17.4 Å². The van der Waals surface area contributed by atoms with Crippen molar-refractivity contribution in [2.24, 2.45) is 0 Å². The highest BCUT2D eigenvalue weighted by Crippen LogP contribution is 2.27. The molecule has 172 valence electrons. The van der Waals surface area contributed by atoms with Crippen molar-refractivity contribution in [3.05, 3.63) is 90.8 Å². The number of para-hydroxylation sites is 1. The summed E-state index contributed by atoms with van der Waals surface area (Å²) in [5.41, 5.74) is 2.60. The largest absolute Gasteiger partial charge is 0.467 e. The third kappa shape index (κ3) is 5.68. The highest BCUT2D eigenvalue weighted by Gasteiger charge is 2.23. The van der Waals surface area contributed by atoms with Gasteiger partial charge in [0.2, 0.25) is 5.91 Å². The first-order valence-electron chi connectivity index (χ1n) is 10.6. The summed E-state index contributed by atoms with van der Waals surface area (Å²) in [5, 5.41) is 12.0. The third-order valence-corrected chi connectivity index (χ3v) is 5.93. The Balaban J connectivity index is 1.51. The van der Waals surface area contributed by atoms with E-state index in [9.17, 15) is 9.59 Å². The second-order valence-electron chi connectivity index (χ2n) is 7.34. The molecule has 0 bridgehead atoms. The number of aromatic nitrogens is 4. The van der Waals surface area contributed by atoms with Crippen molar-refractivity contribution in [1.29, 1.82) is 0 Å². The summed E-state index contributed by atoms with van der Waals surface area (Å²) in [6.45, 7) is 0. The number of pyridine rings is 1. The van der Waals surface area contributed by atoms with Gasteiger partial charge in [0.05, 0.1) is 12.9 Å². The van der Waals surface area contributed by atoms with Crippen LogP contribution < -0.4 is 5.32 Å². The number of carbonyl (C=O) groups is 2. The lowest BCUT2D eigenvalue weighted by Crippen LogP contribution is -2.43. The van der Waals surface area contributed by atoms with Gasteiger partial charge in [0.15, 0.2) is 11.0 Å². The summed E-state index contributed by atoms with van der Waals surface area (Å²) in [5.74, 6) is -0.116. The van der Waals surface area contributed by atoms with Crippen LogP contribution in [0.3, 0.4) is 0 Å². The number of nitrogens with one attached hydrogen (secondary N) is 1. The molecule has 4 rings (SSSR count). The van der Waals surface area contributed by atoms with Gasteiger partial charge in [0.25, 0.3) is 0 Å². The fourth-order valence-electron chi connectivity index (χ4n) is 3.41. The van der Waals surface area contributed by atoms with E-state index in [2.05, 4.69) is 20.5 Å². The minimum absolute atomic E-state index is 0.0558. The number of ether oxygens (including phenoxy) is 1. The average Bonchev–Trinajstić information content (AvgIpc) is 3.32. The van der Waals surface area contributed by atoms with Crippen LogP contribution in [0, 0.1) is 0 Å². The molecular formula is C25H23N5O3S. The molecule has 9 heteroatoms. The van der Waals surface area contributed by atoms with Gasteiger partial charge >= 0.3 is 5.97 Å². The quantitative estimate of drug-likeness (QED) is 0.294. The van der Waals surface area contributed by atoms with E-state index in [0.717, 1.165) is 16.8 Å². The lowest BCUT2D eigenvalue weighted by molar-refractivity contribution is -0.144. The summed E-state index contributed by atoms with van der Waals surface area (Å²) in [7, 11) is 1.31. The van der Waals surface area contributed by atoms with Crippen LogP contribution in [-0.4, -0.2) is 50.5 Å². The Hall–Kier alpha value is -3.98. The maximum absolute atomic E-state index is 12.8. The number of methoxy groups -OCH3 is 1. The predicted octanol–water partition coefficient (Wildman–Crippen LogP) is 3.32. The van der Waals surface area contributed by atoms with Gasteiger partial charge in [-0.25, -0.2) is 4.79 Å². The van der Waals surface area contributed by atoms with Crippen LogP contribution in [0.15, 0.2) is 90.3 Å². The van der Waals surface area contributed by atoms with Crippen molar-refractivity contribution >= 4 is 23.6 Å². The van der Waals surface area contributed by atoms with Crippen LogP contribution in [0.4, 0.5) is 0 Å². The number of nitrogens with zero attached hydrogens (tertiary/aromatic N) is 4. The second kappa shape index (κ2) is 11.2. The Morgan fingerprint density at radius 2 is 1.74 bits per heavy atom. The number of rotatable bonds is 9. The van der Waals surface area contributed by atoms with Gasteiger partial charge in [-0.3, -0.25) is 14.3 Å². The molecule has 34 heavy (non-hydrogen) atoms. The molecule has 1 unspecified atom stereocenters. The molecule has 2 heterocycles. The highest BCUT2D eigenvalue weighted by atomic mass is 32.2. The zero-order chi connectivity index (χ0) is 23.8. The molecule has 4 aromatic rings. The molecule has 0 saturated carbocycles. The van der Waals surface area contributed by atoms with Crippen LogP contribution in [0.2, 0.25) is 0 Å². The van der Waals surface area contributed by atoms with Gasteiger partial charge in [-0.2, -0.15) is 0 Å². The highest BCUT2D eigenvalue weighted by molar-refractivity contribution is 7.99. The molecule has 0 aliphatic heterocycles. The maximum Gasteiger partial charge on any atom is 0.328 e. The number of thioether (sulfide) groups is 1. The van der Waals surface area contributed by atoms with Crippen molar-refractivity contribution < 1.29 is 14.3 Å². The van der Waals surface area contributed by atoms with Gasteiger partial charge in [0.1, 0.15) is 6.04 Å². The molecule has 1 atom stereocenters. The smallest absolute Gasteiger partial charge is 0.328 e. The second-order valence-corrected chi connectivity index (χ2v) is 8.28. The number of esters is 1. The Bertz CT molecular complexity index is 1230. The summed E-state index contributed by atoms with van der Waals surface area (Å²) >= 11 is 1.24. The normalized spacial score (nSPS) is 11.6. The Labute approximate surface area is 201 Å². The van der Waals surface area contributed by atoms with Crippen molar-refractivity contribution in [2.75, 3.05) is 12.9 Å². The SMILES string of the molecule is COC(=O)C(Cc1ccccc1)NC(=O)CSc1nnc(-c2cccnc2)n1-c1ccccc1. The standard InChI is InChI=1S/C25H23N5O3S/c1-33-24(32)21(15-18-9-4-2-5-10-18)27-22(31)17-34-25-29-28-23(19-11-8-14-26-16-19)30(25)20-12-6-3-7-13-20/h2-14,16,21H,15,17H2,1H3,(H,27,31). The van der Waals surface area contributed by atoms with Gasteiger partial charge in [-0.15, -0.1) is 10.2 Å². The minimum Gasteiger partial charge on any atom is -0.467 e. The average molecular weight is 474 g/mol. The number of carbonyl (C=O) groups excluding carboxylic acids is 2. The number of hydrogen-bond acceptors (Lipinski definition) is 7. The minimum atomic E-state index is -0.779. The van der Waals surface area contributed by atoms with E-state index in [4.69, 9.17) is 4.74 Å². The molecule has 0 spiro atoms. The summed E-state index contributed by atoms with van der Waals surface area (Å²) in [4.78, 5) is 29.2. The molecule has 2 aromatic heterocycles. The van der Waals surface area contributed by atoms with Crippen molar-refractivity contribution in [2.45, 2.75) is 17.6 Å². The molecular weight excluding hydrogens is 450 g/mol. The van der Waals surface area contributed by atoms with E-state index in [1.54, 1.807) is 12.4 Å². The molecule has 1 amide bonds. The van der Waals surface area contributed by atoms with Gasteiger partial charge < -0.3 is 10.1 Å². The first-order chi connectivity index (χ1) is 16.7. The van der Waals surface area contributed by atoms with Crippen molar-refractivity contribution in [3.63, 3.8) is 0 Å². The number of amides is 1. The van der Waals surface area contributed by atoms with Gasteiger partial charge in [-0.05, 0) is 29.8 Å². The van der Waals surface area contributed by atoms with E-state index < -0.39 is 12.0 Å². The molecule has 0 aliphatic carbocycles. The molecule has 2 aromatic carbocycles. The molecule has 0 radical (unpaired) electrons. The van der Waals surface area contributed by atoms with E-state index in [1.165, 1.54) is 18.9 Å². The van der Waals surface area contributed by atoms with Crippen molar-refractivity contribution in [3.8, 4) is 17.1 Å².